The van der Waals surface area contributed by atoms with E-state index >= 15 is 4.39 Å². The summed E-state index contributed by atoms with van der Waals surface area (Å²) in [5, 5.41) is 33.2. The molecule has 5 amide bonds. The number of β-amino-alcohol motifs (C(OH)–C–C–N with tert-alkyl or cyclic N) is 1. The minimum absolute atomic E-state index is 0.0114. The number of nitrogens with zero attached hydrogens (tertiary/aromatic N) is 8. The Hall–Kier alpha value is -7.78. The Morgan fingerprint density at radius 3 is 2.27 bits per heavy atom. The number of amides is 5. The number of aromatic hydroxyl groups is 1. The molecule has 470 valence electrons. The van der Waals surface area contributed by atoms with Gasteiger partial charge in [-0.1, -0.05) is 67.0 Å². The number of aliphatic hydroxyl groups excluding tert-OH is 1. The molecule has 5 heterocycles. The lowest BCUT2D eigenvalue weighted by Crippen LogP contribution is -2.50. The second-order valence-electron chi connectivity index (χ2n) is 21.9. The summed E-state index contributed by atoms with van der Waals surface area (Å²) < 4.78 is 51.6. The monoisotopic (exact) mass is 1250 g/mol. The van der Waals surface area contributed by atoms with E-state index in [2.05, 4.69) is 25.8 Å². The number of halogens is 2. The highest BCUT2D eigenvalue weighted by Crippen LogP contribution is 2.43. The molecule has 2 fully saturated rings. The van der Waals surface area contributed by atoms with E-state index in [0.29, 0.717) is 117 Å². The number of carbonyl (C=O) groups is 4. The highest BCUT2D eigenvalue weighted by molar-refractivity contribution is 7.13. The number of primary amides is 1. The summed E-state index contributed by atoms with van der Waals surface area (Å²) >= 11 is 8.38. The summed E-state index contributed by atoms with van der Waals surface area (Å²) in [4.78, 5) is 74.0. The van der Waals surface area contributed by atoms with Crippen LogP contribution in [0.15, 0.2) is 76.8 Å². The zero-order valence-electron chi connectivity index (χ0n) is 50.0. The molecule has 0 aliphatic carbocycles. The molecule has 0 spiro atoms. The highest BCUT2D eigenvalue weighted by atomic mass is 35.5. The molecule has 0 radical (unpaired) electrons. The smallest absolute Gasteiger partial charge is 0.314 e. The predicted molar refractivity (Wildman–Crippen MR) is 331 cm³/mol. The minimum atomic E-state index is -0.874. The lowest BCUT2D eigenvalue weighted by Gasteiger charge is -2.35. The van der Waals surface area contributed by atoms with E-state index in [1.165, 1.54) is 27.2 Å². The quantitative estimate of drug-likeness (QED) is 0.0288. The van der Waals surface area contributed by atoms with Gasteiger partial charge >= 0.3 is 6.03 Å². The third-order valence-electron chi connectivity index (χ3n) is 15.4. The topological polar surface area (TPSA) is 283 Å². The second-order valence-corrected chi connectivity index (χ2v) is 23.2. The maximum Gasteiger partial charge on any atom is 0.314 e. The fraction of sp³-hybridized carbons (Fsp3) is 0.452. The minimum Gasteiger partial charge on any atom is -0.508 e. The summed E-state index contributed by atoms with van der Waals surface area (Å²) in [6, 6.07) is 18.1. The number of phenols is 1. The van der Waals surface area contributed by atoms with Crippen LogP contribution in [-0.4, -0.2) is 193 Å². The van der Waals surface area contributed by atoms with Crippen molar-refractivity contribution in [3.8, 4) is 33.1 Å². The van der Waals surface area contributed by atoms with Crippen LogP contribution in [-0.2, 0) is 39.9 Å². The molecule has 88 heavy (non-hydrogen) atoms. The number of aryl methyl sites for hydroxylation is 2. The number of hydrogen-bond donors (Lipinski definition) is 5. The number of likely N-dealkylation sites (tertiary alicyclic amines) is 1. The summed E-state index contributed by atoms with van der Waals surface area (Å²) in [5.41, 5.74) is 11.0. The van der Waals surface area contributed by atoms with Crippen molar-refractivity contribution in [2.24, 2.45) is 11.7 Å². The SMILES string of the molecule is Cc1cc([C@H](C(=O)N2C[C@H](O)C[C@H]2C(=O)NCc2ccc(-c3scnc3C)cc2OCCOCCOCCOCCOCCN(C)C(=O)CCNc2nc(N3CCN(C(N)=O)CC3)c3cc(Cl)c(-c4cc(O)cc5ccccc45)c(F)c3n2)C(C)C)on1. The first-order chi connectivity index (χ1) is 42.4. The Morgan fingerprint density at radius 1 is 0.898 bits per heavy atom. The van der Waals surface area contributed by atoms with Crippen LogP contribution >= 0.6 is 22.9 Å². The Kier molecular flexibility index (Phi) is 22.4. The molecular weight excluding hydrogens is 1180 g/mol. The number of fused-ring (bicyclic) bond motifs is 2. The number of thiazole rings is 1. The van der Waals surface area contributed by atoms with Gasteiger partial charge in [0.2, 0.25) is 23.7 Å². The standard InChI is InChI=1S/C62H75ClFN11O12S/c1-37(2)53(51-28-38(3)71-87-51)60(80)75-35-44(77)32-49(75)59(79)67-34-42-11-10-41(57-39(4)68-36-88-57)30-50(42)86-27-26-85-25-24-84-23-22-83-21-20-82-19-18-72(5)52(78)12-13-66-62-69-56-47(58(70-62)73-14-16-74(17-15-73)61(65)81)33-48(63)54(55(56)64)46-31-43(76)29-40-8-6-7-9-45(40)46/h6-11,28-31,33,36-37,44,49,53,76-77H,12-27,32,34-35H2,1-5H3,(H2,65,81)(H,67,79)(H,66,69,70)/t44-,49+,53-/m1/s1. The van der Waals surface area contributed by atoms with Crippen molar-refractivity contribution < 1.29 is 62.0 Å². The fourth-order valence-corrected chi connectivity index (χ4v) is 11.9. The van der Waals surface area contributed by atoms with Gasteiger partial charge in [-0.15, -0.1) is 11.3 Å². The number of rotatable bonds is 29. The molecule has 7 aromatic rings. The summed E-state index contributed by atoms with van der Waals surface area (Å²) in [5.74, 6) is -0.943. The number of urea groups is 1. The molecule has 3 aromatic heterocycles. The number of benzene rings is 4. The molecule has 4 aromatic carbocycles. The van der Waals surface area contributed by atoms with Gasteiger partial charge in [0.15, 0.2) is 5.82 Å². The first-order valence-corrected chi connectivity index (χ1v) is 30.6. The number of phenolic OH excluding ortho intramolecular Hbond substituents is 1. The number of nitrogens with two attached hydrogens (primary N) is 1. The van der Waals surface area contributed by atoms with Gasteiger partial charge < -0.3 is 74.4 Å². The largest absolute Gasteiger partial charge is 0.508 e. The van der Waals surface area contributed by atoms with Crippen molar-refractivity contribution in [3.05, 3.63) is 106 Å². The van der Waals surface area contributed by atoms with E-state index < -0.39 is 29.9 Å². The van der Waals surface area contributed by atoms with E-state index in [4.69, 9.17) is 50.5 Å². The fourth-order valence-electron chi connectivity index (χ4n) is 10.8. The zero-order valence-corrected chi connectivity index (χ0v) is 51.5. The molecule has 9 rings (SSSR count). The van der Waals surface area contributed by atoms with Gasteiger partial charge in [0.05, 0.1) is 85.8 Å². The van der Waals surface area contributed by atoms with Gasteiger partial charge in [-0.05, 0) is 65.9 Å². The molecule has 23 nitrogen and oxygen atoms in total. The van der Waals surface area contributed by atoms with Crippen molar-refractivity contribution in [1.29, 1.82) is 0 Å². The highest BCUT2D eigenvalue weighted by Gasteiger charge is 2.43. The summed E-state index contributed by atoms with van der Waals surface area (Å²) in [6.07, 6.45) is -0.669. The van der Waals surface area contributed by atoms with Gasteiger partial charge in [-0.25, -0.2) is 19.2 Å². The number of aromatic nitrogens is 4. The van der Waals surface area contributed by atoms with Crippen molar-refractivity contribution in [2.45, 2.75) is 65.1 Å². The Morgan fingerprint density at radius 2 is 1.60 bits per heavy atom. The van der Waals surface area contributed by atoms with Crippen LogP contribution in [0.4, 0.5) is 21.0 Å². The second kappa shape index (κ2) is 30.4. The third-order valence-corrected chi connectivity index (χ3v) is 16.6. The van der Waals surface area contributed by atoms with Crippen molar-refractivity contribution in [3.63, 3.8) is 0 Å². The van der Waals surface area contributed by atoms with E-state index in [1.54, 1.807) is 42.6 Å². The number of nitrogens with one attached hydrogen (secondary N) is 2. The van der Waals surface area contributed by atoms with Gasteiger partial charge in [0, 0.05) is 94.8 Å². The molecule has 2 aliphatic rings. The normalized spacial score (nSPS) is 15.6. The van der Waals surface area contributed by atoms with Crippen molar-refractivity contribution >= 4 is 80.1 Å². The van der Waals surface area contributed by atoms with Crippen molar-refractivity contribution in [1.82, 2.24) is 40.1 Å². The number of likely N-dealkylation sites (N-methyl/N-ethyl adjacent to an activating group) is 1. The molecule has 3 atom stereocenters. The van der Waals surface area contributed by atoms with Gasteiger partial charge in [0.25, 0.3) is 0 Å². The predicted octanol–water partition coefficient (Wildman–Crippen LogP) is 7.30. The molecule has 0 unspecified atom stereocenters. The number of piperazine rings is 1. The molecule has 6 N–H and O–H groups in total. The van der Waals surface area contributed by atoms with Crippen LogP contribution in [0.1, 0.15) is 55.3 Å². The Bertz CT molecular complexity index is 3570. The van der Waals surface area contributed by atoms with E-state index in [9.17, 15) is 29.4 Å². The lowest BCUT2D eigenvalue weighted by molar-refractivity contribution is -0.141. The maximum atomic E-state index is 17.0. The number of carbonyl (C=O) groups excluding carboxylic acids is 4. The zero-order chi connectivity index (χ0) is 62.4. The number of anilines is 2. The van der Waals surface area contributed by atoms with Gasteiger partial charge in [-0.2, -0.15) is 4.98 Å². The summed E-state index contributed by atoms with van der Waals surface area (Å²) in [7, 11) is 1.68. The first-order valence-electron chi connectivity index (χ1n) is 29.3. The number of ether oxygens (including phenoxy) is 5. The maximum absolute atomic E-state index is 17.0. The van der Waals surface area contributed by atoms with Crippen LogP contribution in [0.2, 0.25) is 5.02 Å². The van der Waals surface area contributed by atoms with Crippen LogP contribution in [0.3, 0.4) is 0 Å². The lowest BCUT2D eigenvalue weighted by atomic mass is 9.91. The number of aliphatic hydroxyl groups is 1. The Labute approximate surface area is 518 Å². The average molecular weight is 1250 g/mol. The van der Waals surface area contributed by atoms with E-state index in [1.807, 2.05) is 68.1 Å². The molecule has 2 saturated heterocycles. The summed E-state index contributed by atoms with van der Waals surface area (Å²) in [6.45, 7) is 12.3. The van der Waals surface area contributed by atoms with Crippen LogP contribution < -0.4 is 26.0 Å². The average Bonchev–Trinajstić information content (AvgIpc) is 1.33. The van der Waals surface area contributed by atoms with Crippen LogP contribution in [0.25, 0.3) is 43.2 Å². The molecule has 0 saturated carbocycles. The molecule has 0 bridgehead atoms. The number of hydrogen-bond acceptors (Lipinski definition) is 19. The first kappa shape index (κ1) is 64.7. The van der Waals surface area contributed by atoms with Crippen LogP contribution in [0.5, 0.6) is 11.5 Å². The van der Waals surface area contributed by atoms with Gasteiger partial charge in [-0.3, -0.25) is 14.4 Å². The Balaban J connectivity index is 0.667. The molecule has 2 aliphatic heterocycles. The van der Waals surface area contributed by atoms with E-state index in [0.717, 1.165) is 21.7 Å². The van der Waals surface area contributed by atoms with Crippen LogP contribution in [0, 0.1) is 25.6 Å². The third kappa shape index (κ3) is 16.1. The van der Waals surface area contributed by atoms with E-state index in [-0.39, 0.29) is 104 Å². The van der Waals surface area contributed by atoms with Gasteiger partial charge in [0.1, 0.15) is 47.2 Å². The molecular formula is C62H75ClFN11O12S. The molecule has 26 heteroatoms. The van der Waals surface area contributed by atoms with Crippen molar-refractivity contribution in [2.75, 3.05) is 123 Å².